The number of ether oxygens (including phenoxy) is 2. The van der Waals surface area contributed by atoms with Gasteiger partial charge in [0.15, 0.2) is 0 Å². The van der Waals surface area contributed by atoms with Crippen molar-refractivity contribution in [2.75, 3.05) is 20.3 Å². The zero-order chi connectivity index (χ0) is 22.0. The summed E-state index contributed by atoms with van der Waals surface area (Å²) in [6, 6.07) is 13.9. The van der Waals surface area contributed by atoms with Crippen LogP contribution in [-0.2, 0) is 20.7 Å². The number of hydrogen-bond acceptors (Lipinski definition) is 5. The average Bonchev–Trinajstić information content (AvgIpc) is 3.41. The van der Waals surface area contributed by atoms with Crippen LogP contribution in [0.4, 0.5) is 0 Å². The maximum atomic E-state index is 13.1. The first-order chi connectivity index (χ1) is 15.0. The van der Waals surface area contributed by atoms with E-state index in [0.29, 0.717) is 30.0 Å². The first-order valence-electron chi connectivity index (χ1n) is 10.7. The maximum absolute atomic E-state index is 13.1. The third-order valence-corrected chi connectivity index (χ3v) is 6.03. The van der Waals surface area contributed by atoms with Crippen LogP contribution in [0.3, 0.4) is 0 Å². The van der Waals surface area contributed by atoms with Crippen LogP contribution >= 0.6 is 0 Å². The van der Waals surface area contributed by atoms with E-state index < -0.39 is 17.7 Å². The number of amides is 1. The van der Waals surface area contributed by atoms with E-state index in [4.69, 9.17) is 9.47 Å². The van der Waals surface area contributed by atoms with E-state index in [-0.39, 0.29) is 17.4 Å². The molecule has 2 aliphatic rings. The first-order valence-corrected chi connectivity index (χ1v) is 10.7. The fourth-order valence-corrected chi connectivity index (χ4v) is 4.35. The van der Waals surface area contributed by atoms with E-state index in [9.17, 15) is 14.7 Å². The molecular weight excluding hydrogens is 394 g/mol. The summed E-state index contributed by atoms with van der Waals surface area (Å²) in [4.78, 5) is 27.7. The number of ketones is 1. The summed E-state index contributed by atoms with van der Waals surface area (Å²) in [7, 11) is 1.55. The topological polar surface area (TPSA) is 76.1 Å². The molecule has 0 aromatic heterocycles. The molecule has 0 aliphatic carbocycles. The Balaban J connectivity index is 1.84. The second-order valence-corrected chi connectivity index (χ2v) is 7.88. The van der Waals surface area contributed by atoms with Crippen LogP contribution in [0.25, 0.3) is 5.76 Å². The van der Waals surface area contributed by atoms with Gasteiger partial charge in [-0.25, -0.2) is 0 Å². The molecule has 2 aromatic rings. The Morgan fingerprint density at radius 3 is 2.55 bits per heavy atom. The molecule has 1 N–H and O–H groups in total. The van der Waals surface area contributed by atoms with Gasteiger partial charge in [0.05, 0.1) is 24.8 Å². The van der Waals surface area contributed by atoms with Crippen molar-refractivity contribution in [2.24, 2.45) is 0 Å². The number of aliphatic hydroxyl groups excluding tert-OH is 1. The number of likely N-dealkylation sites (tertiary alicyclic amines) is 1. The van der Waals surface area contributed by atoms with E-state index in [0.717, 1.165) is 24.8 Å². The zero-order valence-corrected chi connectivity index (χ0v) is 17.8. The Labute approximate surface area is 182 Å². The summed E-state index contributed by atoms with van der Waals surface area (Å²) in [6.45, 7) is 2.99. The van der Waals surface area contributed by atoms with Gasteiger partial charge < -0.3 is 19.5 Å². The number of methoxy groups -OCH3 is 1. The number of carbonyl (C=O) groups excluding carboxylic acids is 2. The van der Waals surface area contributed by atoms with Gasteiger partial charge in [-0.15, -0.1) is 0 Å². The van der Waals surface area contributed by atoms with E-state index in [1.165, 1.54) is 4.90 Å². The van der Waals surface area contributed by atoms with Gasteiger partial charge in [0.2, 0.25) is 0 Å². The Hall–Kier alpha value is -3.12. The highest BCUT2D eigenvalue weighted by molar-refractivity contribution is 6.46. The fraction of sp³-hybridized carbons (Fsp3) is 0.360. The largest absolute Gasteiger partial charge is 0.507 e. The fourth-order valence-electron chi connectivity index (χ4n) is 4.35. The lowest BCUT2D eigenvalue weighted by Gasteiger charge is -2.28. The minimum Gasteiger partial charge on any atom is -0.507 e. The van der Waals surface area contributed by atoms with Crippen LogP contribution in [0.5, 0.6) is 5.75 Å². The third-order valence-electron chi connectivity index (χ3n) is 6.03. The number of nitrogens with zero attached hydrogens (tertiary/aromatic N) is 1. The minimum atomic E-state index is -0.744. The van der Waals surface area contributed by atoms with Crippen molar-refractivity contribution >= 4 is 17.4 Å². The van der Waals surface area contributed by atoms with Crippen molar-refractivity contribution in [2.45, 2.75) is 38.3 Å². The SMILES string of the molecule is CCc1ccc(/C(O)=C2/C(=O)C(=O)N(CC3CCCO3)C2c2ccccc2OC)cc1. The lowest BCUT2D eigenvalue weighted by Crippen LogP contribution is -2.36. The van der Waals surface area contributed by atoms with Crippen molar-refractivity contribution < 1.29 is 24.2 Å². The molecule has 2 saturated heterocycles. The molecule has 2 aromatic carbocycles. The Morgan fingerprint density at radius 2 is 1.90 bits per heavy atom. The van der Waals surface area contributed by atoms with Crippen molar-refractivity contribution in [1.82, 2.24) is 4.90 Å². The van der Waals surface area contributed by atoms with Gasteiger partial charge >= 0.3 is 0 Å². The van der Waals surface area contributed by atoms with Crippen LogP contribution in [0, 0.1) is 0 Å². The second kappa shape index (κ2) is 8.94. The smallest absolute Gasteiger partial charge is 0.295 e. The molecule has 0 bridgehead atoms. The summed E-state index contributed by atoms with van der Waals surface area (Å²) in [5, 5.41) is 11.2. The lowest BCUT2D eigenvalue weighted by molar-refractivity contribution is -0.140. The van der Waals surface area contributed by atoms with E-state index >= 15 is 0 Å². The molecule has 162 valence electrons. The number of para-hydroxylation sites is 1. The molecule has 2 heterocycles. The van der Waals surface area contributed by atoms with Crippen LogP contribution < -0.4 is 4.74 Å². The molecule has 6 heteroatoms. The summed E-state index contributed by atoms with van der Waals surface area (Å²) in [6.07, 6.45) is 2.51. The van der Waals surface area contributed by atoms with Crippen LogP contribution in [0.2, 0.25) is 0 Å². The molecule has 2 fully saturated rings. The van der Waals surface area contributed by atoms with Gasteiger partial charge in [-0.05, 0) is 30.9 Å². The molecule has 1 amide bonds. The summed E-state index contributed by atoms with van der Waals surface area (Å²) in [5.41, 5.74) is 2.37. The third kappa shape index (κ3) is 3.95. The summed E-state index contributed by atoms with van der Waals surface area (Å²) < 4.78 is 11.3. The van der Waals surface area contributed by atoms with Crippen LogP contribution in [0.1, 0.15) is 42.5 Å². The number of Topliss-reactive ketones (excluding diaryl/α,β-unsaturated/α-hetero) is 1. The van der Waals surface area contributed by atoms with Gasteiger partial charge in [0, 0.05) is 24.3 Å². The highest BCUT2D eigenvalue weighted by Gasteiger charge is 2.47. The molecular formula is C25H27NO5. The summed E-state index contributed by atoms with van der Waals surface area (Å²) >= 11 is 0. The van der Waals surface area contributed by atoms with Crippen LogP contribution in [0.15, 0.2) is 54.1 Å². The molecule has 4 rings (SSSR count). The highest BCUT2D eigenvalue weighted by Crippen LogP contribution is 2.43. The molecule has 2 unspecified atom stereocenters. The van der Waals surface area contributed by atoms with E-state index in [1.807, 2.05) is 37.3 Å². The minimum absolute atomic E-state index is 0.0803. The standard InChI is InChI=1S/C25H27NO5/c1-3-16-10-12-17(13-11-16)23(27)21-22(19-8-4-5-9-20(19)30-2)26(25(29)24(21)28)15-18-7-6-14-31-18/h4-5,8-13,18,22,27H,3,6-7,14-15H2,1-2H3/b23-21-. The maximum Gasteiger partial charge on any atom is 0.295 e. The van der Waals surface area contributed by atoms with Crippen LogP contribution in [-0.4, -0.2) is 48.1 Å². The first kappa shape index (κ1) is 21.1. The van der Waals surface area contributed by atoms with Gasteiger partial charge in [-0.1, -0.05) is 49.4 Å². The van der Waals surface area contributed by atoms with Gasteiger partial charge in [0.1, 0.15) is 11.5 Å². The summed E-state index contributed by atoms with van der Waals surface area (Å²) in [5.74, 6) is -0.935. The predicted octanol–water partition coefficient (Wildman–Crippen LogP) is 3.86. The average molecular weight is 421 g/mol. The molecule has 2 atom stereocenters. The van der Waals surface area contributed by atoms with Crippen molar-refractivity contribution in [3.8, 4) is 5.75 Å². The molecule has 0 saturated carbocycles. The number of aryl methyl sites for hydroxylation is 1. The Bertz CT molecular complexity index is 1000. The second-order valence-electron chi connectivity index (χ2n) is 7.88. The zero-order valence-electron chi connectivity index (χ0n) is 17.8. The Kier molecular flexibility index (Phi) is 6.09. The van der Waals surface area contributed by atoms with Gasteiger partial charge in [0.25, 0.3) is 11.7 Å². The van der Waals surface area contributed by atoms with Crippen molar-refractivity contribution in [3.05, 3.63) is 70.8 Å². The Morgan fingerprint density at radius 1 is 1.16 bits per heavy atom. The van der Waals surface area contributed by atoms with Crippen molar-refractivity contribution in [3.63, 3.8) is 0 Å². The van der Waals surface area contributed by atoms with E-state index in [1.54, 1.807) is 25.3 Å². The molecule has 0 radical (unpaired) electrons. The number of hydrogen-bond donors (Lipinski definition) is 1. The quantitative estimate of drug-likeness (QED) is 0.436. The number of carbonyl (C=O) groups is 2. The number of aliphatic hydroxyl groups is 1. The molecule has 6 nitrogen and oxygen atoms in total. The van der Waals surface area contributed by atoms with Gasteiger partial charge in [-0.3, -0.25) is 9.59 Å². The molecule has 0 spiro atoms. The molecule has 2 aliphatic heterocycles. The number of rotatable bonds is 6. The lowest BCUT2D eigenvalue weighted by atomic mass is 9.94. The monoisotopic (exact) mass is 421 g/mol. The predicted molar refractivity (Wildman–Crippen MR) is 117 cm³/mol. The van der Waals surface area contributed by atoms with Gasteiger partial charge in [-0.2, -0.15) is 0 Å². The normalized spacial score (nSPS) is 22.8. The molecule has 31 heavy (non-hydrogen) atoms. The van der Waals surface area contributed by atoms with Crippen molar-refractivity contribution in [1.29, 1.82) is 0 Å². The highest BCUT2D eigenvalue weighted by atomic mass is 16.5. The van der Waals surface area contributed by atoms with E-state index in [2.05, 4.69) is 0 Å². The number of benzene rings is 2.